The van der Waals surface area contributed by atoms with Crippen LogP contribution in [-0.4, -0.2) is 140 Å². The summed E-state index contributed by atoms with van der Waals surface area (Å²) < 4.78 is 22.6. The molecule has 0 aromatic rings. The number of amides is 1. The number of rotatable bonds is 35. The quantitative estimate of drug-likeness (QED) is 0.0291. The topological polar surface area (TPSA) is 228 Å². The molecule has 0 aromatic heterocycles. The molecule has 2 aliphatic rings. The highest BCUT2D eigenvalue weighted by atomic mass is 16.7. The van der Waals surface area contributed by atoms with Gasteiger partial charge in [0.2, 0.25) is 5.91 Å². The van der Waals surface area contributed by atoms with Crippen molar-refractivity contribution in [2.24, 2.45) is 0 Å². The van der Waals surface area contributed by atoms with Crippen LogP contribution >= 0.6 is 0 Å². The summed E-state index contributed by atoms with van der Waals surface area (Å²) in [5.41, 5.74) is 0. The smallest absolute Gasteiger partial charge is 0.220 e. The third-order valence-electron chi connectivity index (χ3n) is 11.5. The first-order valence-electron chi connectivity index (χ1n) is 23.9. The van der Waals surface area contributed by atoms with Gasteiger partial charge in [0.1, 0.15) is 48.8 Å². The third kappa shape index (κ3) is 22.7. The Kier molecular flexibility index (Phi) is 31.9. The number of aliphatic hydroxyl groups is 8. The Labute approximate surface area is 372 Å². The van der Waals surface area contributed by atoms with Gasteiger partial charge in [0.25, 0.3) is 0 Å². The molecule has 0 saturated carbocycles. The molecule has 2 rings (SSSR count). The number of carbonyl (C=O) groups is 1. The average Bonchev–Trinajstić information content (AvgIpc) is 3.27. The van der Waals surface area contributed by atoms with Crippen LogP contribution in [-0.2, 0) is 23.7 Å². The van der Waals surface area contributed by atoms with E-state index in [2.05, 4.69) is 55.6 Å². The van der Waals surface area contributed by atoms with E-state index < -0.39 is 86.8 Å². The Morgan fingerprint density at radius 3 is 1.71 bits per heavy atom. The van der Waals surface area contributed by atoms with E-state index in [1.54, 1.807) is 6.08 Å². The van der Waals surface area contributed by atoms with Crippen LogP contribution in [0.4, 0.5) is 0 Å². The molecule has 12 atom stereocenters. The van der Waals surface area contributed by atoms with Crippen molar-refractivity contribution in [1.29, 1.82) is 0 Å². The minimum absolute atomic E-state index is 0.256. The normalized spacial score (nSPS) is 28.2. The lowest BCUT2D eigenvalue weighted by Gasteiger charge is -2.46. The van der Waals surface area contributed by atoms with Gasteiger partial charge in [-0.25, -0.2) is 0 Å². The summed E-state index contributed by atoms with van der Waals surface area (Å²) in [5, 5.41) is 86.5. The first-order chi connectivity index (χ1) is 30.1. The highest BCUT2D eigenvalue weighted by Crippen LogP contribution is 2.30. The van der Waals surface area contributed by atoms with Gasteiger partial charge in [-0.3, -0.25) is 4.79 Å². The number of unbranched alkanes of at least 4 members (excludes halogenated alkanes) is 16. The zero-order chi connectivity index (χ0) is 45.4. The van der Waals surface area contributed by atoms with Crippen molar-refractivity contribution in [3.63, 3.8) is 0 Å². The standard InChI is InChI=1S/C48H85NO13/c1-3-5-7-9-11-13-15-17-18-20-22-24-26-28-30-32-40(53)49-36(37(52)31-29-27-25-23-21-19-16-14-12-10-8-6-4-2)35-59-47-45(58)43(56)46(39(34-51)61-47)62-48-44(57)42(55)41(54)38(33-50)60-48/h11,13,17-18,21,23,29,31,36-39,41-48,50-52,54-58H,3-10,12,14-16,19-20,22,24-28,30,32-35H2,1-2H3,(H,49,53)/b13-11-,18-17-,23-21+,31-29+. The van der Waals surface area contributed by atoms with Crippen LogP contribution in [0.5, 0.6) is 0 Å². The van der Waals surface area contributed by atoms with Crippen molar-refractivity contribution < 1.29 is 64.6 Å². The maximum Gasteiger partial charge on any atom is 0.220 e. The summed E-state index contributed by atoms with van der Waals surface area (Å²) in [4.78, 5) is 13.1. The van der Waals surface area contributed by atoms with E-state index in [0.29, 0.717) is 12.8 Å². The minimum Gasteiger partial charge on any atom is -0.394 e. The van der Waals surface area contributed by atoms with Gasteiger partial charge in [0, 0.05) is 6.42 Å². The zero-order valence-electron chi connectivity index (χ0n) is 37.8. The largest absolute Gasteiger partial charge is 0.394 e. The van der Waals surface area contributed by atoms with E-state index in [0.717, 1.165) is 57.8 Å². The third-order valence-corrected chi connectivity index (χ3v) is 11.5. The molecule has 2 fully saturated rings. The first kappa shape index (κ1) is 56.1. The van der Waals surface area contributed by atoms with Crippen molar-refractivity contribution in [2.75, 3.05) is 19.8 Å². The Bertz CT molecular complexity index is 1230. The van der Waals surface area contributed by atoms with Crippen LogP contribution in [0.1, 0.15) is 155 Å². The van der Waals surface area contributed by atoms with Gasteiger partial charge >= 0.3 is 0 Å². The van der Waals surface area contributed by atoms with E-state index >= 15 is 0 Å². The van der Waals surface area contributed by atoms with Gasteiger partial charge in [-0.1, -0.05) is 133 Å². The SMILES string of the molecule is CCCCC/C=C\C/C=C\CCCCCCCC(=O)NC(COC1OC(CO)C(OC2OC(CO)C(O)C(O)C2O)C(O)C1O)C(O)/C=C/CC/C=C/CCCCCCCCC. The maximum absolute atomic E-state index is 13.1. The summed E-state index contributed by atoms with van der Waals surface area (Å²) in [6, 6.07) is -0.937. The Morgan fingerprint density at radius 2 is 1.08 bits per heavy atom. The molecule has 2 heterocycles. The van der Waals surface area contributed by atoms with Crippen LogP contribution in [0, 0.1) is 0 Å². The van der Waals surface area contributed by atoms with Gasteiger partial charge in [-0.15, -0.1) is 0 Å². The molecule has 14 heteroatoms. The molecule has 0 spiro atoms. The first-order valence-corrected chi connectivity index (χ1v) is 23.9. The number of allylic oxidation sites excluding steroid dienone is 7. The second-order valence-electron chi connectivity index (χ2n) is 16.9. The average molecular weight is 884 g/mol. The Morgan fingerprint density at radius 1 is 0.581 bits per heavy atom. The molecule has 360 valence electrons. The monoisotopic (exact) mass is 884 g/mol. The van der Waals surface area contributed by atoms with Crippen LogP contribution < -0.4 is 5.32 Å². The second kappa shape index (κ2) is 35.2. The molecule has 2 aliphatic heterocycles. The molecular weight excluding hydrogens is 799 g/mol. The number of ether oxygens (including phenoxy) is 4. The molecule has 0 aromatic carbocycles. The number of aliphatic hydroxyl groups excluding tert-OH is 8. The Hall–Kier alpha value is -2.05. The summed E-state index contributed by atoms with van der Waals surface area (Å²) in [5.74, 6) is -0.267. The number of hydrogen-bond acceptors (Lipinski definition) is 13. The highest BCUT2D eigenvalue weighted by molar-refractivity contribution is 5.76. The van der Waals surface area contributed by atoms with Gasteiger partial charge in [-0.05, 0) is 64.2 Å². The predicted octanol–water partition coefficient (Wildman–Crippen LogP) is 5.32. The van der Waals surface area contributed by atoms with Crippen molar-refractivity contribution in [1.82, 2.24) is 5.32 Å². The van der Waals surface area contributed by atoms with E-state index in [9.17, 15) is 45.6 Å². The molecule has 14 nitrogen and oxygen atoms in total. The van der Waals surface area contributed by atoms with E-state index in [4.69, 9.17) is 18.9 Å². The van der Waals surface area contributed by atoms with Gasteiger partial charge < -0.3 is 65.1 Å². The van der Waals surface area contributed by atoms with Crippen LogP contribution in [0.15, 0.2) is 48.6 Å². The minimum atomic E-state index is -1.79. The highest BCUT2D eigenvalue weighted by Gasteiger charge is 2.50. The van der Waals surface area contributed by atoms with Crippen LogP contribution in [0.2, 0.25) is 0 Å². The predicted molar refractivity (Wildman–Crippen MR) is 240 cm³/mol. The van der Waals surface area contributed by atoms with Crippen molar-refractivity contribution in [3.8, 4) is 0 Å². The molecule has 0 aliphatic carbocycles. The number of nitrogens with one attached hydrogen (secondary N) is 1. The second-order valence-corrected chi connectivity index (χ2v) is 16.9. The number of carbonyl (C=O) groups excluding carboxylic acids is 1. The zero-order valence-corrected chi connectivity index (χ0v) is 37.8. The fourth-order valence-corrected chi connectivity index (χ4v) is 7.51. The van der Waals surface area contributed by atoms with Crippen LogP contribution in [0.25, 0.3) is 0 Å². The molecule has 0 radical (unpaired) electrons. The molecule has 12 unspecified atom stereocenters. The lowest BCUT2D eigenvalue weighted by molar-refractivity contribution is -0.359. The molecular formula is C48H85NO13. The van der Waals surface area contributed by atoms with Crippen molar-refractivity contribution in [3.05, 3.63) is 48.6 Å². The molecule has 1 amide bonds. The fraction of sp³-hybridized carbons (Fsp3) is 0.812. The van der Waals surface area contributed by atoms with Crippen molar-refractivity contribution in [2.45, 2.75) is 229 Å². The molecule has 2 saturated heterocycles. The summed E-state index contributed by atoms with van der Waals surface area (Å²) in [6.07, 6.45) is 23.0. The van der Waals surface area contributed by atoms with Gasteiger partial charge in [-0.2, -0.15) is 0 Å². The fourth-order valence-electron chi connectivity index (χ4n) is 7.51. The lowest BCUT2D eigenvalue weighted by Crippen LogP contribution is -2.65. The van der Waals surface area contributed by atoms with Crippen molar-refractivity contribution >= 4 is 5.91 Å². The van der Waals surface area contributed by atoms with Gasteiger partial charge in [0.15, 0.2) is 12.6 Å². The summed E-state index contributed by atoms with van der Waals surface area (Å²) in [7, 11) is 0. The Balaban J connectivity index is 1.91. The molecule has 9 N–H and O–H groups in total. The van der Waals surface area contributed by atoms with E-state index in [-0.39, 0.29) is 18.9 Å². The maximum atomic E-state index is 13.1. The van der Waals surface area contributed by atoms with Gasteiger partial charge in [0.05, 0.1) is 32.0 Å². The van der Waals surface area contributed by atoms with Crippen LogP contribution in [0.3, 0.4) is 0 Å². The summed E-state index contributed by atoms with van der Waals surface area (Å²) >= 11 is 0. The molecule has 62 heavy (non-hydrogen) atoms. The molecule has 0 bridgehead atoms. The number of hydrogen-bond donors (Lipinski definition) is 9. The summed E-state index contributed by atoms with van der Waals surface area (Å²) in [6.45, 7) is 2.69. The lowest BCUT2D eigenvalue weighted by atomic mass is 9.97. The van der Waals surface area contributed by atoms with E-state index in [1.165, 1.54) is 64.2 Å². The van der Waals surface area contributed by atoms with E-state index in [1.807, 2.05) is 6.08 Å².